The van der Waals surface area contributed by atoms with Crippen LogP contribution in [0.1, 0.15) is 40.3 Å². The van der Waals surface area contributed by atoms with E-state index < -0.39 is 6.03 Å². The molecule has 3 aromatic rings. The zero-order valence-electron chi connectivity index (χ0n) is 20.7. The zero-order chi connectivity index (χ0) is 25.9. The number of urea groups is 1. The molecule has 0 aliphatic carbocycles. The van der Waals surface area contributed by atoms with E-state index in [0.29, 0.717) is 26.1 Å². The minimum Gasteiger partial charge on any atom is -0.376 e. The molecule has 2 atom stereocenters. The molecule has 4 rings (SSSR count). The summed E-state index contributed by atoms with van der Waals surface area (Å²) in [6.45, 7) is 1.97. The Kier molecular flexibility index (Phi) is 9.67. The Balaban J connectivity index is 1.26. The predicted molar refractivity (Wildman–Crippen MR) is 146 cm³/mol. The molecule has 1 fully saturated rings. The SMILES string of the molecule is NC(=NCc1cc(CNC(=O)C(Cc2ccccc2)c2ccccc2)cs1)NC(=O)NCC1CCCO1. The van der Waals surface area contributed by atoms with E-state index in [-0.39, 0.29) is 23.9 Å². The van der Waals surface area contributed by atoms with Gasteiger partial charge in [0.25, 0.3) is 0 Å². The summed E-state index contributed by atoms with van der Waals surface area (Å²) < 4.78 is 5.48. The number of ether oxygens (including phenoxy) is 1. The van der Waals surface area contributed by atoms with Crippen LogP contribution in [0.2, 0.25) is 0 Å². The summed E-state index contributed by atoms with van der Waals surface area (Å²) in [5.74, 6) is -0.230. The monoisotopic (exact) mass is 519 g/mol. The van der Waals surface area contributed by atoms with Crippen molar-refractivity contribution in [3.8, 4) is 0 Å². The molecule has 1 aliphatic rings. The molecule has 1 aliphatic heterocycles. The molecule has 2 unspecified atom stereocenters. The number of aliphatic imine (C=N–C) groups is 1. The Morgan fingerprint density at radius 1 is 1.05 bits per heavy atom. The third-order valence-corrected chi connectivity index (χ3v) is 7.11. The van der Waals surface area contributed by atoms with Crippen LogP contribution in [0.4, 0.5) is 4.79 Å². The molecule has 5 N–H and O–H groups in total. The average molecular weight is 520 g/mol. The Bertz CT molecular complexity index is 1180. The van der Waals surface area contributed by atoms with Crippen LogP contribution in [-0.4, -0.2) is 37.2 Å². The molecular weight excluding hydrogens is 486 g/mol. The molecule has 0 bridgehead atoms. The number of amides is 3. The summed E-state index contributed by atoms with van der Waals surface area (Å²) in [5.41, 5.74) is 8.97. The molecule has 37 heavy (non-hydrogen) atoms. The fraction of sp³-hybridized carbons (Fsp3) is 0.321. The molecule has 8 nitrogen and oxygen atoms in total. The van der Waals surface area contributed by atoms with Gasteiger partial charge in [-0.3, -0.25) is 10.1 Å². The second-order valence-corrected chi connectivity index (χ2v) is 9.96. The van der Waals surface area contributed by atoms with Gasteiger partial charge in [-0.05, 0) is 47.4 Å². The second-order valence-electron chi connectivity index (χ2n) is 8.96. The van der Waals surface area contributed by atoms with Crippen molar-refractivity contribution >= 4 is 29.2 Å². The summed E-state index contributed by atoms with van der Waals surface area (Å²) in [4.78, 5) is 30.4. The smallest absolute Gasteiger partial charge is 0.321 e. The number of benzene rings is 2. The number of hydrogen-bond acceptors (Lipinski definition) is 5. The molecular formula is C28H33N5O3S. The molecule has 9 heteroatoms. The summed E-state index contributed by atoms with van der Waals surface area (Å²) in [5, 5.41) is 10.4. The molecule has 0 spiro atoms. The fourth-order valence-corrected chi connectivity index (χ4v) is 5.00. The number of nitrogens with two attached hydrogens (primary N) is 1. The highest BCUT2D eigenvalue weighted by Gasteiger charge is 2.21. The van der Waals surface area contributed by atoms with Crippen LogP contribution >= 0.6 is 11.3 Å². The Hall–Kier alpha value is -3.69. The van der Waals surface area contributed by atoms with Crippen LogP contribution in [0.25, 0.3) is 0 Å². The van der Waals surface area contributed by atoms with Crippen LogP contribution in [0, 0.1) is 0 Å². The lowest BCUT2D eigenvalue weighted by molar-refractivity contribution is -0.122. The first-order valence-electron chi connectivity index (χ1n) is 12.5. The number of guanidine groups is 1. The normalized spacial score (nSPS) is 16.2. The number of nitrogens with zero attached hydrogens (tertiary/aromatic N) is 1. The Morgan fingerprint density at radius 2 is 1.81 bits per heavy atom. The highest BCUT2D eigenvalue weighted by atomic mass is 32.1. The van der Waals surface area contributed by atoms with Crippen molar-refractivity contribution in [2.75, 3.05) is 13.2 Å². The standard InChI is InChI=1S/C28H33N5O3S/c29-27(33-28(35)32-17-23-12-7-13-36-23)31-18-24-14-21(19-37-24)16-30-26(34)25(22-10-5-2-6-11-22)15-20-8-3-1-4-9-20/h1-6,8-11,14,19,23,25H,7,12-13,15-18H2,(H,30,34)(H4,29,31,32,33,35). The molecule has 1 aromatic heterocycles. The van der Waals surface area contributed by atoms with Crippen molar-refractivity contribution in [1.82, 2.24) is 16.0 Å². The van der Waals surface area contributed by atoms with E-state index in [9.17, 15) is 9.59 Å². The van der Waals surface area contributed by atoms with Crippen molar-refractivity contribution < 1.29 is 14.3 Å². The number of thiophene rings is 1. The maximum atomic E-state index is 13.2. The van der Waals surface area contributed by atoms with Crippen LogP contribution < -0.4 is 21.7 Å². The first kappa shape index (κ1) is 26.4. The number of hydrogen-bond donors (Lipinski definition) is 4. The highest BCUT2D eigenvalue weighted by molar-refractivity contribution is 7.10. The predicted octanol–water partition coefficient (Wildman–Crippen LogP) is 3.68. The van der Waals surface area contributed by atoms with Crippen LogP contribution in [-0.2, 0) is 29.0 Å². The highest BCUT2D eigenvalue weighted by Crippen LogP contribution is 2.22. The third kappa shape index (κ3) is 8.44. The lowest BCUT2D eigenvalue weighted by atomic mass is 9.91. The van der Waals surface area contributed by atoms with Gasteiger partial charge < -0.3 is 21.1 Å². The average Bonchev–Trinajstić information content (AvgIpc) is 3.61. The third-order valence-electron chi connectivity index (χ3n) is 6.14. The van der Waals surface area contributed by atoms with E-state index in [2.05, 4.69) is 20.9 Å². The van der Waals surface area contributed by atoms with E-state index in [1.807, 2.05) is 72.1 Å². The molecule has 2 aromatic carbocycles. The van der Waals surface area contributed by atoms with E-state index in [0.717, 1.165) is 41.0 Å². The topological polar surface area (TPSA) is 118 Å². The van der Waals surface area contributed by atoms with Gasteiger partial charge in [-0.15, -0.1) is 11.3 Å². The Morgan fingerprint density at radius 3 is 2.54 bits per heavy atom. The molecule has 2 heterocycles. The van der Waals surface area contributed by atoms with E-state index in [1.54, 1.807) is 0 Å². The lowest BCUT2D eigenvalue weighted by Gasteiger charge is -2.17. The molecule has 3 amide bonds. The molecule has 0 radical (unpaired) electrons. The van der Waals surface area contributed by atoms with E-state index >= 15 is 0 Å². The van der Waals surface area contributed by atoms with Gasteiger partial charge in [0, 0.05) is 24.6 Å². The summed E-state index contributed by atoms with van der Waals surface area (Å²) in [7, 11) is 0. The first-order chi connectivity index (χ1) is 18.1. The maximum Gasteiger partial charge on any atom is 0.321 e. The van der Waals surface area contributed by atoms with Gasteiger partial charge >= 0.3 is 6.03 Å². The summed E-state index contributed by atoms with van der Waals surface area (Å²) in [6.07, 6.45) is 2.67. The number of rotatable bonds is 10. The number of nitrogens with one attached hydrogen (secondary N) is 3. The maximum absolute atomic E-state index is 13.2. The van der Waals surface area contributed by atoms with E-state index in [4.69, 9.17) is 10.5 Å². The van der Waals surface area contributed by atoms with Crippen molar-refractivity contribution in [2.24, 2.45) is 10.7 Å². The largest absolute Gasteiger partial charge is 0.376 e. The van der Waals surface area contributed by atoms with Crippen molar-refractivity contribution in [1.29, 1.82) is 0 Å². The second kappa shape index (κ2) is 13.6. The van der Waals surface area contributed by atoms with E-state index in [1.165, 1.54) is 11.3 Å². The van der Waals surface area contributed by atoms with Crippen LogP contribution in [0.15, 0.2) is 77.1 Å². The van der Waals surface area contributed by atoms with Gasteiger partial charge in [-0.1, -0.05) is 60.7 Å². The minimum atomic E-state index is -0.394. The van der Waals surface area contributed by atoms with Gasteiger partial charge in [-0.2, -0.15) is 0 Å². The lowest BCUT2D eigenvalue weighted by Crippen LogP contribution is -2.45. The summed E-state index contributed by atoms with van der Waals surface area (Å²) in [6, 6.07) is 21.5. The zero-order valence-corrected chi connectivity index (χ0v) is 21.5. The van der Waals surface area contributed by atoms with Gasteiger partial charge in [0.15, 0.2) is 5.96 Å². The van der Waals surface area contributed by atoms with Gasteiger partial charge in [0.2, 0.25) is 5.91 Å². The van der Waals surface area contributed by atoms with Gasteiger partial charge in [0.1, 0.15) is 0 Å². The quantitative estimate of drug-likeness (QED) is 0.241. The molecule has 0 saturated carbocycles. The van der Waals surface area contributed by atoms with Crippen molar-refractivity contribution in [2.45, 2.75) is 44.4 Å². The minimum absolute atomic E-state index is 0.0108. The molecule has 194 valence electrons. The number of carbonyl (C=O) groups is 2. The molecule has 1 saturated heterocycles. The Labute approximate surface area is 221 Å². The van der Waals surface area contributed by atoms with Crippen molar-refractivity contribution in [3.05, 3.63) is 93.7 Å². The summed E-state index contributed by atoms with van der Waals surface area (Å²) >= 11 is 1.54. The first-order valence-corrected chi connectivity index (χ1v) is 13.3. The fourth-order valence-electron chi connectivity index (χ4n) is 4.19. The van der Waals surface area contributed by atoms with Gasteiger partial charge in [0.05, 0.1) is 18.6 Å². The number of carbonyl (C=O) groups excluding carboxylic acids is 2. The van der Waals surface area contributed by atoms with Crippen molar-refractivity contribution in [3.63, 3.8) is 0 Å². The van der Waals surface area contributed by atoms with Crippen LogP contribution in [0.3, 0.4) is 0 Å². The van der Waals surface area contributed by atoms with Crippen LogP contribution in [0.5, 0.6) is 0 Å². The van der Waals surface area contributed by atoms with Gasteiger partial charge in [-0.25, -0.2) is 9.79 Å².